The van der Waals surface area contributed by atoms with E-state index in [9.17, 15) is 17.6 Å². The fourth-order valence-corrected chi connectivity index (χ4v) is 3.51. The summed E-state index contributed by atoms with van der Waals surface area (Å²) in [5, 5.41) is 5.13. The Bertz CT molecular complexity index is 884. The highest BCUT2D eigenvalue weighted by atomic mass is 32.1. The van der Waals surface area contributed by atoms with Crippen LogP contribution in [0.15, 0.2) is 47.2 Å². The van der Waals surface area contributed by atoms with Crippen molar-refractivity contribution in [2.24, 2.45) is 0 Å². The topological polar surface area (TPSA) is 34.1 Å². The van der Waals surface area contributed by atoms with E-state index in [1.54, 1.807) is 12.1 Å². The van der Waals surface area contributed by atoms with Gasteiger partial charge in [-0.2, -0.15) is 9.59 Å². The monoisotopic (exact) mass is 384 g/mol. The van der Waals surface area contributed by atoms with Crippen LogP contribution in [0.2, 0.25) is 0 Å². The first kappa shape index (κ1) is 18.8. The molecule has 0 amide bonds. The van der Waals surface area contributed by atoms with Crippen LogP contribution < -0.4 is 0 Å². The number of hydrogen-bond acceptors (Lipinski definition) is 4. The molecule has 8 heteroatoms. The lowest BCUT2D eigenvalue weighted by molar-refractivity contribution is -0.191. The van der Waals surface area contributed by atoms with Crippen LogP contribution in [-0.4, -0.2) is 6.15 Å². The Balaban J connectivity index is 0.000000156. The van der Waals surface area contributed by atoms with Crippen molar-refractivity contribution in [3.63, 3.8) is 0 Å². The summed E-state index contributed by atoms with van der Waals surface area (Å²) in [5.41, 5.74) is 0. The average molecular weight is 384 g/mol. The van der Waals surface area contributed by atoms with Crippen molar-refractivity contribution in [1.82, 2.24) is 0 Å². The van der Waals surface area contributed by atoms with E-state index in [-0.39, 0.29) is 6.15 Å². The summed E-state index contributed by atoms with van der Waals surface area (Å²) in [6.07, 6.45) is 0.250. The molecule has 2 heterocycles. The second-order valence-corrected chi connectivity index (χ2v) is 6.43. The van der Waals surface area contributed by atoms with Crippen LogP contribution in [0, 0.1) is 23.3 Å². The Labute approximate surface area is 146 Å². The van der Waals surface area contributed by atoms with Gasteiger partial charge in [-0.15, -0.1) is 22.7 Å². The number of hydrogen-bond donors (Lipinski definition) is 0. The Hall–Kier alpha value is -2.54. The zero-order valence-corrected chi connectivity index (χ0v) is 13.9. The van der Waals surface area contributed by atoms with Gasteiger partial charge in [-0.1, -0.05) is 0 Å². The van der Waals surface area contributed by atoms with Crippen molar-refractivity contribution in [3.8, 4) is 0 Å². The summed E-state index contributed by atoms with van der Waals surface area (Å²) >= 11 is 2.81. The molecule has 0 aliphatic carbocycles. The summed E-state index contributed by atoms with van der Waals surface area (Å²) in [5.74, 6) is -3.12. The van der Waals surface area contributed by atoms with E-state index >= 15 is 0 Å². The van der Waals surface area contributed by atoms with Gasteiger partial charge >= 0.3 is 6.15 Å². The van der Waals surface area contributed by atoms with Gasteiger partial charge in [0.15, 0.2) is 23.3 Å². The molecule has 0 saturated heterocycles. The van der Waals surface area contributed by atoms with E-state index in [1.807, 2.05) is 10.8 Å². The molecular formula is C17H8F4O2S2. The SMILES string of the molecule is Fc1cc2ccsc2cc1F.Fc1cc2ccsc2cc1F.O=C=O. The van der Waals surface area contributed by atoms with Gasteiger partial charge in [0, 0.05) is 9.40 Å². The van der Waals surface area contributed by atoms with E-state index in [0.717, 1.165) is 20.2 Å². The molecule has 0 unspecified atom stereocenters. The Kier molecular flexibility index (Phi) is 6.41. The maximum Gasteiger partial charge on any atom is 0.373 e. The second kappa shape index (κ2) is 8.53. The molecule has 0 aliphatic heterocycles. The zero-order valence-electron chi connectivity index (χ0n) is 12.3. The molecule has 2 aromatic heterocycles. The van der Waals surface area contributed by atoms with Gasteiger partial charge < -0.3 is 0 Å². The van der Waals surface area contributed by atoms with E-state index in [1.165, 1.54) is 46.9 Å². The third-order valence-electron chi connectivity index (χ3n) is 2.99. The van der Waals surface area contributed by atoms with Crippen LogP contribution in [0.1, 0.15) is 0 Å². The van der Waals surface area contributed by atoms with E-state index in [0.29, 0.717) is 0 Å². The Morgan fingerprint density at radius 2 is 0.960 bits per heavy atom. The van der Waals surface area contributed by atoms with Crippen LogP contribution in [0.3, 0.4) is 0 Å². The smallest absolute Gasteiger partial charge is 0.204 e. The summed E-state index contributed by atoms with van der Waals surface area (Å²) in [6.45, 7) is 0. The van der Waals surface area contributed by atoms with Crippen molar-refractivity contribution in [2.45, 2.75) is 0 Å². The van der Waals surface area contributed by atoms with Crippen LogP contribution in [0.4, 0.5) is 17.6 Å². The van der Waals surface area contributed by atoms with Crippen molar-refractivity contribution in [1.29, 1.82) is 0 Å². The average Bonchev–Trinajstić information content (AvgIpc) is 3.19. The van der Waals surface area contributed by atoms with Gasteiger partial charge in [-0.25, -0.2) is 17.6 Å². The van der Waals surface area contributed by atoms with Crippen molar-refractivity contribution in [2.75, 3.05) is 0 Å². The van der Waals surface area contributed by atoms with E-state index in [2.05, 4.69) is 0 Å². The quantitative estimate of drug-likeness (QED) is 0.360. The molecule has 0 spiro atoms. The summed E-state index contributed by atoms with van der Waals surface area (Å²) in [7, 11) is 0. The second-order valence-electron chi connectivity index (χ2n) is 4.53. The predicted molar refractivity (Wildman–Crippen MR) is 88.5 cm³/mol. The first-order valence-corrected chi connectivity index (χ1v) is 8.36. The lowest BCUT2D eigenvalue weighted by Gasteiger charge is -1.91. The van der Waals surface area contributed by atoms with Gasteiger partial charge in [0.1, 0.15) is 0 Å². The van der Waals surface area contributed by atoms with Crippen LogP contribution >= 0.6 is 22.7 Å². The minimum atomic E-state index is -0.782. The fourth-order valence-electron chi connectivity index (χ4n) is 1.91. The van der Waals surface area contributed by atoms with E-state index in [4.69, 9.17) is 9.59 Å². The first-order chi connectivity index (χ1) is 12.0. The Morgan fingerprint density at radius 3 is 1.32 bits per heavy atom. The zero-order chi connectivity index (χ0) is 18.4. The van der Waals surface area contributed by atoms with Crippen LogP contribution in [0.5, 0.6) is 0 Å². The standard InChI is InChI=1S/2C8H4F2S.CO2/c2*9-6-3-5-1-2-11-8(5)4-7(6)10;2-1-3/h2*1-4H;. The molecule has 2 nitrogen and oxygen atoms in total. The molecule has 0 fully saturated rings. The van der Waals surface area contributed by atoms with Crippen LogP contribution in [0.25, 0.3) is 20.2 Å². The molecule has 2 aromatic carbocycles. The van der Waals surface area contributed by atoms with Crippen molar-refractivity contribution in [3.05, 3.63) is 70.4 Å². The van der Waals surface area contributed by atoms with Gasteiger partial charge in [-0.05, 0) is 57.9 Å². The molecule has 0 N–H and O–H groups in total. The first-order valence-electron chi connectivity index (χ1n) is 6.60. The maximum atomic E-state index is 12.6. The molecule has 25 heavy (non-hydrogen) atoms. The third kappa shape index (κ3) is 4.73. The number of rotatable bonds is 0. The highest BCUT2D eigenvalue weighted by Gasteiger charge is 2.04. The number of thiophene rings is 2. The molecule has 0 atom stereocenters. The molecule has 0 bridgehead atoms. The molecule has 0 radical (unpaired) electrons. The lowest BCUT2D eigenvalue weighted by Crippen LogP contribution is -1.79. The molecule has 0 saturated carbocycles. The molecule has 0 aliphatic rings. The number of benzene rings is 2. The van der Waals surface area contributed by atoms with Gasteiger partial charge in [-0.3, -0.25) is 0 Å². The Morgan fingerprint density at radius 1 is 0.640 bits per heavy atom. The normalized spacial score (nSPS) is 9.76. The van der Waals surface area contributed by atoms with E-state index < -0.39 is 23.3 Å². The van der Waals surface area contributed by atoms with Crippen LogP contribution in [-0.2, 0) is 9.59 Å². The lowest BCUT2D eigenvalue weighted by atomic mass is 10.2. The highest BCUT2D eigenvalue weighted by Crippen LogP contribution is 2.24. The number of carbonyl (C=O) groups excluding carboxylic acids is 2. The highest BCUT2D eigenvalue weighted by molar-refractivity contribution is 7.17. The van der Waals surface area contributed by atoms with Crippen molar-refractivity contribution < 1.29 is 27.2 Å². The maximum absolute atomic E-state index is 12.6. The number of fused-ring (bicyclic) bond motifs is 2. The molecular weight excluding hydrogens is 376 g/mol. The molecule has 4 rings (SSSR count). The van der Waals surface area contributed by atoms with Crippen molar-refractivity contribution >= 4 is 49.0 Å². The molecule has 4 aromatic rings. The fraction of sp³-hybridized carbons (Fsp3) is 0. The van der Waals surface area contributed by atoms with Gasteiger partial charge in [0.05, 0.1) is 0 Å². The summed E-state index contributed by atoms with van der Waals surface area (Å²) < 4.78 is 51.8. The molecule has 128 valence electrons. The predicted octanol–water partition coefficient (Wildman–Crippen LogP) is 5.78. The van der Waals surface area contributed by atoms with Gasteiger partial charge in [0.25, 0.3) is 0 Å². The minimum absolute atomic E-state index is 0.250. The minimum Gasteiger partial charge on any atom is -0.204 e. The summed E-state index contributed by atoms with van der Waals surface area (Å²) in [4.78, 5) is 16.2. The summed E-state index contributed by atoms with van der Waals surface area (Å²) in [6, 6.07) is 8.39. The number of halogens is 4. The third-order valence-corrected chi connectivity index (χ3v) is 4.75. The largest absolute Gasteiger partial charge is 0.373 e. The van der Waals surface area contributed by atoms with Gasteiger partial charge in [0.2, 0.25) is 0 Å².